The Morgan fingerprint density at radius 3 is 1.91 bits per heavy atom. The van der Waals surface area contributed by atoms with E-state index in [1.165, 1.54) is 24.3 Å². The van der Waals surface area contributed by atoms with E-state index in [4.69, 9.17) is 8.83 Å². The molecular formula is C26H23F2N5O2. The van der Waals surface area contributed by atoms with E-state index in [9.17, 15) is 8.78 Å². The van der Waals surface area contributed by atoms with Gasteiger partial charge in [-0.3, -0.25) is 9.58 Å². The van der Waals surface area contributed by atoms with Gasteiger partial charge in [-0.2, -0.15) is 5.10 Å². The Balaban J connectivity index is 1.36. The van der Waals surface area contributed by atoms with Crippen LogP contribution in [0.1, 0.15) is 18.3 Å². The SMILES string of the molecule is C[C@@H](Cn1cccn1)N(Cc1coc(-c2cccc(F)c2)n1)Cc1coc(-c2cccc(F)c2)n1. The van der Waals surface area contributed by atoms with E-state index < -0.39 is 0 Å². The fraction of sp³-hybridized carbons (Fsp3) is 0.192. The third-order valence-corrected chi connectivity index (χ3v) is 5.61. The Hall–Kier alpha value is -4.11. The van der Waals surface area contributed by atoms with Gasteiger partial charge in [-0.05, 0) is 49.4 Å². The molecule has 35 heavy (non-hydrogen) atoms. The summed E-state index contributed by atoms with van der Waals surface area (Å²) < 4.78 is 40.4. The lowest BCUT2D eigenvalue weighted by Gasteiger charge is -2.27. The molecule has 9 heteroatoms. The number of oxazole rings is 2. The monoisotopic (exact) mass is 475 g/mol. The second-order valence-corrected chi connectivity index (χ2v) is 8.29. The van der Waals surface area contributed by atoms with Crippen molar-refractivity contribution in [2.75, 3.05) is 0 Å². The molecule has 0 bridgehead atoms. The molecule has 0 N–H and O–H groups in total. The minimum absolute atomic E-state index is 0.0542. The van der Waals surface area contributed by atoms with E-state index in [1.54, 1.807) is 43.0 Å². The highest BCUT2D eigenvalue weighted by atomic mass is 19.1. The average molecular weight is 475 g/mol. The molecule has 3 aromatic heterocycles. The van der Waals surface area contributed by atoms with E-state index in [-0.39, 0.29) is 17.7 Å². The molecule has 0 saturated carbocycles. The van der Waals surface area contributed by atoms with Crippen LogP contribution in [-0.4, -0.2) is 30.7 Å². The maximum atomic E-state index is 13.6. The molecule has 5 aromatic rings. The fourth-order valence-electron chi connectivity index (χ4n) is 3.85. The molecule has 178 valence electrons. The Morgan fingerprint density at radius 1 is 0.857 bits per heavy atom. The fourth-order valence-corrected chi connectivity index (χ4v) is 3.85. The smallest absolute Gasteiger partial charge is 0.226 e. The number of rotatable bonds is 9. The van der Waals surface area contributed by atoms with Crippen LogP contribution in [0.4, 0.5) is 8.78 Å². The summed E-state index contributed by atoms with van der Waals surface area (Å²) in [6.45, 7) is 3.66. The predicted octanol–water partition coefficient (Wildman–Crippen LogP) is 5.56. The minimum atomic E-state index is -0.350. The molecule has 0 unspecified atom stereocenters. The van der Waals surface area contributed by atoms with Crippen LogP contribution in [0.3, 0.4) is 0 Å². The first-order chi connectivity index (χ1) is 17.0. The van der Waals surface area contributed by atoms with Gasteiger partial charge in [0.1, 0.15) is 24.2 Å². The summed E-state index contributed by atoms with van der Waals surface area (Å²) in [5.41, 5.74) is 2.54. The Bertz CT molecular complexity index is 1310. The first-order valence-corrected chi connectivity index (χ1v) is 11.2. The average Bonchev–Trinajstić information content (AvgIpc) is 3.61. The van der Waals surface area contributed by atoms with Crippen molar-refractivity contribution >= 4 is 0 Å². The lowest BCUT2D eigenvalue weighted by molar-refractivity contribution is 0.165. The highest BCUT2D eigenvalue weighted by molar-refractivity contribution is 5.53. The molecule has 5 rings (SSSR count). The normalized spacial score (nSPS) is 12.3. The van der Waals surface area contributed by atoms with Gasteiger partial charge in [-0.15, -0.1) is 0 Å². The molecule has 0 fully saturated rings. The molecule has 0 amide bonds. The van der Waals surface area contributed by atoms with Crippen LogP contribution in [0.25, 0.3) is 22.9 Å². The van der Waals surface area contributed by atoms with Crippen molar-refractivity contribution < 1.29 is 17.6 Å². The largest absolute Gasteiger partial charge is 0.444 e. The molecule has 0 aliphatic carbocycles. The molecule has 7 nitrogen and oxygen atoms in total. The summed E-state index contributed by atoms with van der Waals surface area (Å²) in [5, 5.41) is 4.31. The van der Waals surface area contributed by atoms with Gasteiger partial charge in [-0.25, -0.2) is 18.7 Å². The van der Waals surface area contributed by atoms with Crippen LogP contribution in [0.15, 0.2) is 88.4 Å². The van der Waals surface area contributed by atoms with Crippen LogP contribution in [0.2, 0.25) is 0 Å². The number of nitrogens with zero attached hydrogens (tertiary/aromatic N) is 5. The Labute approximate surface area is 200 Å². The molecule has 1 atom stereocenters. The number of hydrogen-bond acceptors (Lipinski definition) is 6. The zero-order valence-corrected chi connectivity index (χ0v) is 19.0. The molecule has 0 radical (unpaired) electrons. The summed E-state index contributed by atoms with van der Waals surface area (Å²) in [7, 11) is 0. The Kier molecular flexibility index (Phi) is 6.49. The summed E-state index contributed by atoms with van der Waals surface area (Å²) in [4.78, 5) is 11.3. The highest BCUT2D eigenvalue weighted by Gasteiger charge is 2.20. The van der Waals surface area contributed by atoms with Gasteiger partial charge >= 0.3 is 0 Å². The summed E-state index contributed by atoms with van der Waals surface area (Å²) in [6, 6.07) is 14.2. The highest BCUT2D eigenvalue weighted by Crippen LogP contribution is 2.23. The van der Waals surface area contributed by atoms with Gasteiger partial charge in [0.25, 0.3) is 0 Å². The van der Waals surface area contributed by atoms with Crippen LogP contribution in [0.5, 0.6) is 0 Å². The van der Waals surface area contributed by atoms with Crippen LogP contribution in [0, 0.1) is 11.6 Å². The lowest BCUT2D eigenvalue weighted by Crippen LogP contribution is -2.35. The minimum Gasteiger partial charge on any atom is -0.444 e. The first kappa shape index (κ1) is 22.7. The van der Waals surface area contributed by atoms with Crippen molar-refractivity contribution in [2.24, 2.45) is 0 Å². The van der Waals surface area contributed by atoms with Gasteiger partial charge in [0, 0.05) is 42.7 Å². The molecule has 3 heterocycles. The van der Waals surface area contributed by atoms with Crippen LogP contribution in [-0.2, 0) is 19.6 Å². The van der Waals surface area contributed by atoms with Crippen LogP contribution >= 0.6 is 0 Å². The molecule has 0 aliphatic heterocycles. The van der Waals surface area contributed by atoms with Crippen LogP contribution < -0.4 is 0 Å². The van der Waals surface area contributed by atoms with Gasteiger partial charge in [0.15, 0.2) is 0 Å². The number of benzene rings is 2. The summed E-state index contributed by atoms with van der Waals surface area (Å²) in [6.07, 6.45) is 6.80. The second kappa shape index (κ2) is 10.0. The van der Waals surface area contributed by atoms with E-state index in [0.29, 0.717) is 53.9 Å². The van der Waals surface area contributed by atoms with E-state index in [1.807, 2.05) is 16.9 Å². The van der Waals surface area contributed by atoms with Crippen molar-refractivity contribution in [3.63, 3.8) is 0 Å². The topological polar surface area (TPSA) is 73.1 Å². The van der Waals surface area contributed by atoms with Crippen molar-refractivity contribution in [2.45, 2.75) is 32.6 Å². The molecule has 0 saturated heterocycles. The third kappa shape index (κ3) is 5.52. The quantitative estimate of drug-likeness (QED) is 0.278. The van der Waals surface area contributed by atoms with Crippen molar-refractivity contribution in [1.82, 2.24) is 24.6 Å². The maximum Gasteiger partial charge on any atom is 0.226 e. The summed E-state index contributed by atoms with van der Waals surface area (Å²) in [5.74, 6) is 0.0109. The van der Waals surface area contributed by atoms with Crippen molar-refractivity contribution in [3.05, 3.63) is 103 Å². The maximum absolute atomic E-state index is 13.6. The standard InChI is InChI=1S/C26H23F2N5O2/c1-18(13-33-10-4-9-29-33)32(14-23-16-34-25(30-23)19-5-2-7-21(27)11-19)15-24-17-35-26(31-24)20-6-3-8-22(28)12-20/h2-12,16-18H,13-15H2,1H3/t18-/m0/s1. The Morgan fingerprint density at radius 2 is 1.43 bits per heavy atom. The van der Waals surface area contributed by atoms with E-state index in [0.717, 1.165) is 0 Å². The van der Waals surface area contributed by atoms with E-state index >= 15 is 0 Å². The number of aromatic nitrogens is 4. The van der Waals surface area contributed by atoms with Crippen molar-refractivity contribution in [3.8, 4) is 22.9 Å². The lowest BCUT2D eigenvalue weighted by atomic mass is 10.2. The van der Waals surface area contributed by atoms with Gasteiger partial charge in [0.2, 0.25) is 11.8 Å². The second-order valence-electron chi connectivity index (χ2n) is 8.29. The zero-order chi connectivity index (χ0) is 24.2. The van der Waals surface area contributed by atoms with Crippen molar-refractivity contribution in [1.29, 1.82) is 0 Å². The van der Waals surface area contributed by atoms with E-state index in [2.05, 4.69) is 26.9 Å². The molecule has 0 spiro atoms. The molecular weight excluding hydrogens is 452 g/mol. The molecule has 2 aromatic carbocycles. The molecule has 0 aliphatic rings. The first-order valence-electron chi connectivity index (χ1n) is 11.2. The number of hydrogen-bond donors (Lipinski definition) is 0. The summed E-state index contributed by atoms with van der Waals surface area (Å²) >= 11 is 0. The predicted molar refractivity (Wildman–Crippen MR) is 125 cm³/mol. The van der Waals surface area contributed by atoms with Gasteiger partial charge < -0.3 is 8.83 Å². The van der Waals surface area contributed by atoms with Gasteiger partial charge in [0.05, 0.1) is 17.9 Å². The van der Waals surface area contributed by atoms with Gasteiger partial charge in [-0.1, -0.05) is 12.1 Å². The zero-order valence-electron chi connectivity index (χ0n) is 19.0. The number of halogens is 2. The third-order valence-electron chi connectivity index (χ3n) is 5.61.